The van der Waals surface area contributed by atoms with Crippen molar-refractivity contribution < 1.29 is 35.9 Å². The molecule has 0 saturated carbocycles. The Morgan fingerprint density at radius 1 is 0.857 bits per heavy atom. The van der Waals surface area contributed by atoms with Crippen molar-refractivity contribution in [3.63, 3.8) is 0 Å². The zero-order valence-electron chi connectivity index (χ0n) is 22.8. The SMILES string of the molecule is O=C(NCCCc1ccccc1)C1CC2(c3ccccc3)NC1CCC2OCc1cc(C(F)(F)F)cc(C(F)(F)F)c1. The maximum absolute atomic E-state index is 13.4. The number of aryl methyl sites for hydroxylation is 1. The fraction of sp³-hybridized carbons (Fsp3) is 0.406. The van der Waals surface area contributed by atoms with E-state index in [9.17, 15) is 31.1 Å². The molecule has 0 radical (unpaired) electrons. The maximum atomic E-state index is 13.4. The zero-order chi connectivity index (χ0) is 30.0. The van der Waals surface area contributed by atoms with E-state index in [1.54, 1.807) is 0 Å². The van der Waals surface area contributed by atoms with Crippen molar-refractivity contribution in [3.8, 4) is 0 Å². The van der Waals surface area contributed by atoms with Crippen LogP contribution < -0.4 is 10.6 Å². The molecule has 224 valence electrons. The third kappa shape index (κ3) is 6.65. The fourth-order valence-corrected chi connectivity index (χ4v) is 6.26. The van der Waals surface area contributed by atoms with Gasteiger partial charge in [-0.05, 0) is 67.0 Å². The largest absolute Gasteiger partial charge is 0.416 e. The summed E-state index contributed by atoms with van der Waals surface area (Å²) >= 11 is 0. The number of nitrogens with one attached hydrogen (secondary N) is 2. The summed E-state index contributed by atoms with van der Waals surface area (Å²) in [6.07, 6.45) is -7.35. The Bertz CT molecular complexity index is 1330. The molecule has 2 N–H and O–H groups in total. The van der Waals surface area contributed by atoms with Crippen LogP contribution in [-0.4, -0.2) is 24.6 Å². The first-order chi connectivity index (χ1) is 20.0. The molecule has 0 aromatic heterocycles. The first-order valence-corrected chi connectivity index (χ1v) is 14.0. The van der Waals surface area contributed by atoms with Gasteiger partial charge in [0.25, 0.3) is 0 Å². The molecule has 2 aliphatic heterocycles. The van der Waals surface area contributed by atoms with E-state index in [-0.39, 0.29) is 29.5 Å². The molecule has 42 heavy (non-hydrogen) atoms. The molecule has 1 amide bonds. The number of piperidine rings is 1. The highest BCUT2D eigenvalue weighted by Gasteiger charge is 2.56. The van der Waals surface area contributed by atoms with Gasteiger partial charge in [-0.3, -0.25) is 4.79 Å². The Kier molecular flexibility index (Phi) is 8.66. The van der Waals surface area contributed by atoms with Crippen LogP contribution in [0.5, 0.6) is 0 Å². The molecule has 2 saturated heterocycles. The topological polar surface area (TPSA) is 50.4 Å². The second kappa shape index (κ2) is 12.1. The molecule has 4 nitrogen and oxygen atoms in total. The van der Waals surface area contributed by atoms with E-state index < -0.39 is 41.7 Å². The van der Waals surface area contributed by atoms with Crippen molar-refractivity contribution in [3.05, 3.63) is 107 Å². The lowest BCUT2D eigenvalue weighted by atomic mass is 9.80. The highest BCUT2D eigenvalue weighted by atomic mass is 19.4. The normalized spacial score (nSPS) is 24.0. The minimum Gasteiger partial charge on any atom is -0.371 e. The van der Waals surface area contributed by atoms with Crippen molar-refractivity contribution in [1.82, 2.24) is 10.6 Å². The number of fused-ring (bicyclic) bond motifs is 2. The number of amides is 1. The minimum absolute atomic E-state index is 0.0771. The molecule has 2 aliphatic rings. The van der Waals surface area contributed by atoms with Crippen LogP contribution in [0, 0.1) is 5.92 Å². The van der Waals surface area contributed by atoms with E-state index in [4.69, 9.17) is 4.74 Å². The molecule has 3 aromatic carbocycles. The summed E-state index contributed by atoms with van der Waals surface area (Å²) in [6, 6.07) is 20.7. The number of ether oxygens (including phenoxy) is 1. The number of rotatable bonds is 9. The third-order valence-electron chi connectivity index (χ3n) is 8.27. The van der Waals surface area contributed by atoms with E-state index >= 15 is 0 Å². The summed E-state index contributed by atoms with van der Waals surface area (Å²) in [5.74, 6) is -0.437. The average molecular weight is 591 g/mol. The summed E-state index contributed by atoms with van der Waals surface area (Å²) in [5, 5.41) is 6.64. The molecule has 2 bridgehead atoms. The second-order valence-corrected chi connectivity index (χ2v) is 11.1. The van der Waals surface area contributed by atoms with Crippen molar-refractivity contribution in [2.45, 2.75) is 68.7 Å². The van der Waals surface area contributed by atoms with Crippen LogP contribution in [0.1, 0.15) is 53.5 Å². The van der Waals surface area contributed by atoms with Gasteiger partial charge in [0.05, 0.1) is 35.3 Å². The van der Waals surface area contributed by atoms with Gasteiger partial charge in [0.15, 0.2) is 0 Å². The van der Waals surface area contributed by atoms with Gasteiger partial charge in [0.2, 0.25) is 5.91 Å². The Morgan fingerprint density at radius 2 is 1.48 bits per heavy atom. The van der Waals surface area contributed by atoms with Gasteiger partial charge < -0.3 is 15.4 Å². The lowest BCUT2D eigenvalue weighted by Gasteiger charge is -2.42. The quantitative estimate of drug-likeness (QED) is 0.208. The molecule has 0 aliphatic carbocycles. The number of hydrogen-bond acceptors (Lipinski definition) is 3. The predicted molar refractivity (Wildman–Crippen MR) is 145 cm³/mol. The van der Waals surface area contributed by atoms with Crippen LogP contribution in [0.25, 0.3) is 0 Å². The van der Waals surface area contributed by atoms with E-state index in [1.807, 2.05) is 60.7 Å². The van der Waals surface area contributed by atoms with Gasteiger partial charge in [-0.2, -0.15) is 26.3 Å². The van der Waals surface area contributed by atoms with Crippen LogP contribution in [0.4, 0.5) is 26.3 Å². The number of carbonyl (C=O) groups excluding carboxylic acids is 1. The third-order valence-corrected chi connectivity index (χ3v) is 8.27. The Labute approximate surface area is 240 Å². The lowest BCUT2D eigenvalue weighted by molar-refractivity contribution is -0.143. The molecule has 0 spiro atoms. The van der Waals surface area contributed by atoms with Crippen molar-refractivity contribution in [2.24, 2.45) is 5.92 Å². The fourth-order valence-electron chi connectivity index (χ4n) is 6.26. The molecular formula is C32H32F6N2O2. The average Bonchev–Trinajstić information content (AvgIpc) is 3.29. The van der Waals surface area contributed by atoms with E-state index in [0.717, 1.165) is 18.4 Å². The Morgan fingerprint density at radius 3 is 2.10 bits per heavy atom. The van der Waals surface area contributed by atoms with E-state index in [2.05, 4.69) is 10.6 Å². The zero-order valence-corrected chi connectivity index (χ0v) is 22.8. The monoisotopic (exact) mass is 590 g/mol. The van der Waals surface area contributed by atoms with Gasteiger partial charge in [-0.1, -0.05) is 60.7 Å². The van der Waals surface area contributed by atoms with Gasteiger partial charge in [-0.25, -0.2) is 0 Å². The van der Waals surface area contributed by atoms with Gasteiger partial charge in [-0.15, -0.1) is 0 Å². The summed E-state index contributed by atoms with van der Waals surface area (Å²) in [4.78, 5) is 13.3. The molecule has 2 fully saturated rings. The van der Waals surface area contributed by atoms with Crippen LogP contribution in [-0.2, 0) is 40.5 Å². The molecule has 5 rings (SSSR count). The van der Waals surface area contributed by atoms with E-state index in [0.29, 0.717) is 37.9 Å². The molecule has 4 unspecified atom stereocenters. The smallest absolute Gasteiger partial charge is 0.371 e. The highest BCUT2D eigenvalue weighted by molar-refractivity contribution is 5.80. The number of carbonyl (C=O) groups is 1. The lowest BCUT2D eigenvalue weighted by Crippen LogP contribution is -2.54. The van der Waals surface area contributed by atoms with E-state index in [1.165, 1.54) is 5.56 Å². The Hall–Kier alpha value is -3.37. The van der Waals surface area contributed by atoms with Crippen LogP contribution in [0.3, 0.4) is 0 Å². The van der Waals surface area contributed by atoms with Gasteiger partial charge >= 0.3 is 12.4 Å². The number of hydrogen-bond donors (Lipinski definition) is 2. The molecule has 10 heteroatoms. The molecule has 3 aromatic rings. The maximum Gasteiger partial charge on any atom is 0.416 e. The Balaban J connectivity index is 1.31. The van der Waals surface area contributed by atoms with Gasteiger partial charge in [0, 0.05) is 12.6 Å². The standard InChI is InChI=1S/C32H32F6N2O2/c33-31(34,35)24-16-22(17-25(18-24)32(36,37)38)20-42-28-14-13-27-26(19-30(28,40-27)23-11-5-2-6-12-23)29(41)39-15-7-10-21-8-3-1-4-9-21/h1-6,8-9,11-12,16-18,26-28,40H,7,10,13-15,19-20H2,(H,39,41). The summed E-state index contributed by atoms with van der Waals surface area (Å²) in [7, 11) is 0. The van der Waals surface area contributed by atoms with Gasteiger partial charge in [0.1, 0.15) is 0 Å². The van der Waals surface area contributed by atoms with Crippen molar-refractivity contribution in [2.75, 3.05) is 6.54 Å². The first-order valence-electron chi connectivity index (χ1n) is 14.0. The minimum atomic E-state index is -4.94. The first kappa shape index (κ1) is 30.1. The summed E-state index contributed by atoms with van der Waals surface area (Å²) in [6.45, 7) is 0.0846. The van der Waals surface area contributed by atoms with Crippen LogP contribution >= 0.6 is 0 Å². The number of alkyl halides is 6. The molecular weight excluding hydrogens is 558 g/mol. The predicted octanol–water partition coefficient (Wildman–Crippen LogP) is 7.03. The summed E-state index contributed by atoms with van der Waals surface area (Å²) < 4.78 is 86.5. The van der Waals surface area contributed by atoms with Crippen LogP contribution in [0.2, 0.25) is 0 Å². The highest BCUT2D eigenvalue weighted by Crippen LogP contribution is 2.48. The van der Waals surface area contributed by atoms with Crippen LogP contribution in [0.15, 0.2) is 78.9 Å². The van der Waals surface area contributed by atoms with Crippen molar-refractivity contribution >= 4 is 5.91 Å². The van der Waals surface area contributed by atoms with Crippen molar-refractivity contribution in [1.29, 1.82) is 0 Å². The second-order valence-electron chi connectivity index (χ2n) is 11.1. The number of benzene rings is 3. The summed E-state index contributed by atoms with van der Waals surface area (Å²) in [5.41, 5.74) is -1.73. The number of halogens is 6. The molecule has 4 atom stereocenters. The molecule has 2 heterocycles.